The van der Waals surface area contributed by atoms with Gasteiger partial charge in [0.05, 0.1) is 0 Å². The molecule has 1 aromatic carbocycles. The van der Waals surface area contributed by atoms with Gasteiger partial charge in [-0.05, 0) is 25.1 Å². The van der Waals surface area contributed by atoms with Gasteiger partial charge in [0.15, 0.2) is 0 Å². The number of nitriles is 1. The van der Waals surface area contributed by atoms with Crippen molar-refractivity contribution in [3.63, 3.8) is 0 Å². The van der Waals surface area contributed by atoms with Gasteiger partial charge >= 0.3 is 5.69 Å². The van der Waals surface area contributed by atoms with Gasteiger partial charge in [-0.1, -0.05) is 17.7 Å². The molecule has 1 N–H and O–H groups in total. The Balaban J connectivity index is 2.33. The SMILES string of the molecule is CCn1cc(C#N)c(=O)n(CC(=O)Nc2cccc(Cl)c2)c1=O. The van der Waals surface area contributed by atoms with Crippen LogP contribution in [0.15, 0.2) is 40.1 Å². The Morgan fingerprint density at radius 2 is 2.13 bits per heavy atom. The van der Waals surface area contributed by atoms with Crippen LogP contribution in [0.25, 0.3) is 0 Å². The Morgan fingerprint density at radius 3 is 2.74 bits per heavy atom. The summed E-state index contributed by atoms with van der Waals surface area (Å²) in [6.45, 7) is 1.49. The summed E-state index contributed by atoms with van der Waals surface area (Å²) in [5, 5.41) is 12.0. The molecule has 0 spiro atoms. The monoisotopic (exact) mass is 332 g/mol. The van der Waals surface area contributed by atoms with Crippen molar-refractivity contribution in [3.8, 4) is 6.07 Å². The minimum Gasteiger partial charge on any atom is -0.324 e. The first-order valence-corrected chi connectivity index (χ1v) is 7.14. The number of carbonyl (C=O) groups is 1. The first-order valence-electron chi connectivity index (χ1n) is 6.76. The fourth-order valence-electron chi connectivity index (χ4n) is 2.01. The smallest absolute Gasteiger partial charge is 0.324 e. The van der Waals surface area contributed by atoms with E-state index in [1.807, 2.05) is 0 Å². The third-order valence-electron chi connectivity index (χ3n) is 3.11. The Hall–Kier alpha value is -2.85. The molecule has 1 aromatic heterocycles. The van der Waals surface area contributed by atoms with Crippen molar-refractivity contribution in [1.29, 1.82) is 5.26 Å². The minimum atomic E-state index is -0.788. The molecule has 0 unspecified atom stereocenters. The summed E-state index contributed by atoms with van der Waals surface area (Å²) < 4.78 is 1.94. The van der Waals surface area contributed by atoms with Crippen molar-refractivity contribution in [1.82, 2.24) is 9.13 Å². The summed E-state index contributed by atoms with van der Waals surface area (Å²) >= 11 is 5.82. The van der Waals surface area contributed by atoms with Crippen LogP contribution in [0.4, 0.5) is 5.69 Å². The fourth-order valence-corrected chi connectivity index (χ4v) is 2.20. The lowest BCUT2D eigenvalue weighted by Gasteiger charge is -2.10. The van der Waals surface area contributed by atoms with Crippen LogP contribution >= 0.6 is 11.6 Å². The molecule has 2 rings (SSSR count). The van der Waals surface area contributed by atoms with Gasteiger partial charge in [-0.2, -0.15) is 5.26 Å². The van der Waals surface area contributed by atoms with E-state index >= 15 is 0 Å². The van der Waals surface area contributed by atoms with Crippen LogP contribution in [0.2, 0.25) is 5.02 Å². The average Bonchev–Trinajstić information content (AvgIpc) is 2.52. The van der Waals surface area contributed by atoms with Crippen molar-refractivity contribution < 1.29 is 4.79 Å². The van der Waals surface area contributed by atoms with Crippen LogP contribution in [-0.2, 0) is 17.9 Å². The molecule has 0 atom stereocenters. The van der Waals surface area contributed by atoms with Crippen LogP contribution < -0.4 is 16.6 Å². The quantitative estimate of drug-likeness (QED) is 0.909. The summed E-state index contributed by atoms with van der Waals surface area (Å²) in [7, 11) is 0. The van der Waals surface area contributed by atoms with E-state index in [2.05, 4.69) is 5.32 Å². The van der Waals surface area contributed by atoms with Crippen molar-refractivity contribution in [2.24, 2.45) is 0 Å². The van der Waals surface area contributed by atoms with Crippen molar-refractivity contribution >= 4 is 23.2 Å². The van der Waals surface area contributed by atoms with Gasteiger partial charge < -0.3 is 5.32 Å². The number of nitrogens with one attached hydrogen (secondary N) is 1. The van der Waals surface area contributed by atoms with E-state index in [4.69, 9.17) is 16.9 Å². The molecule has 0 aliphatic heterocycles. The Bertz CT molecular complexity index is 908. The van der Waals surface area contributed by atoms with Crippen LogP contribution in [0.1, 0.15) is 12.5 Å². The second-order valence-corrected chi connectivity index (χ2v) is 5.11. The van der Waals surface area contributed by atoms with E-state index in [0.29, 0.717) is 10.7 Å². The topological polar surface area (TPSA) is 96.9 Å². The molecule has 23 heavy (non-hydrogen) atoms. The maximum atomic E-state index is 12.1. The number of carbonyl (C=O) groups excluding carboxylic acids is 1. The van der Waals surface area contributed by atoms with E-state index < -0.39 is 23.7 Å². The average molecular weight is 333 g/mol. The van der Waals surface area contributed by atoms with Crippen molar-refractivity contribution in [2.45, 2.75) is 20.0 Å². The predicted molar refractivity (Wildman–Crippen MR) is 85.4 cm³/mol. The van der Waals surface area contributed by atoms with E-state index in [1.165, 1.54) is 16.8 Å². The summed E-state index contributed by atoms with van der Waals surface area (Å²) in [6.07, 6.45) is 1.19. The molecule has 118 valence electrons. The van der Waals surface area contributed by atoms with Gasteiger partial charge in [-0.15, -0.1) is 0 Å². The van der Waals surface area contributed by atoms with Crippen LogP contribution in [0, 0.1) is 11.3 Å². The number of hydrogen-bond donors (Lipinski definition) is 1. The van der Waals surface area contributed by atoms with Gasteiger partial charge in [0.25, 0.3) is 5.56 Å². The van der Waals surface area contributed by atoms with E-state index in [-0.39, 0.29) is 12.1 Å². The molecule has 0 fully saturated rings. The van der Waals surface area contributed by atoms with Crippen molar-refractivity contribution in [3.05, 3.63) is 61.9 Å². The lowest BCUT2D eigenvalue weighted by molar-refractivity contribution is -0.116. The zero-order valence-electron chi connectivity index (χ0n) is 12.2. The Morgan fingerprint density at radius 1 is 1.39 bits per heavy atom. The third-order valence-corrected chi connectivity index (χ3v) is 3.34. The number of aromatic nitrogens is 2. The number of rotatable bonds is 4. The molecule has 0 aliphatic carbocycles. The first-order chi connectivity index (χ1) is 11.0. The van der Waals surface area contributed by atoms with Gasteiger partial charge in [0, 0.05) is 23.5 Å². The second kappa shape index (κ2) is 6.94. The summed E-state index contributed by atoms with van der Waals surface area (Å²) in [6, 6.07) is 8.20. The standard InChI is InChI=1S/C15H13ClN4O3/c1-2-19-8-10(7-17)14(22)20(15(19)23)9-13(21)18-12-5-3-4-11(16)6-12/h3-6,8H,2,9H2,1H3,(H,18,21). The van der Waals surface area contributed by atoms with E-state index in [1.54, 1.807) is 31.2 Å². The zero-order chi connectivity index (χ0) is 17.0. The van der Waals surface area contributed by atoms with Crippen LogP contribution in [0.3, 0.4) is 0 Å². The number of halogens is 1. The number of hydrogen-bond acceptors (Lipinski definition) is 4. The highest BCUT2D eigenvalue weighted by Crippen LogP contribution is 2.14. The number of anilines is 1. The normalized spacial score (nSPS) is 10.1. The molecule has 1 heterocycles. The predicted octanol–water partition coefficient (Wildman–Crippen LogP) is 1.19. The third kappa shape index (κ3) is 3.67. The summed E-state index contributed by atoms with van der Waals surface area (Å²) in [4.78, 5) is 36.3. The number of nitrogens with zero attached hydrogens (tertiary/aromatic N) is 3. The first kappa shape index (κ1) is 16.5. The summed E-state index contributed by atoms with van der Waals surface area (Å²) in [5.41, 5.74) is -1.18. The largest absolute Gasteiger partial charge is 0.331 e. The highest BCUT2D eigenvalue weighted by atomic mass is 35.5. The molecule has 0 radical (unpaired) electrons. The van der Waals surface area contributed by atoms with Crippen LogP contribution in [0.5, 0.6) is 0 Å². The molecule has 7 nitrogen and oxygen atoms in total. The minimum absolute atomic E-state index is 0.193. The lowest BCUT2D eigenvalue weighted by Crippen LogP contribution is -2.43. The molecule has 0 saturated carbocycles. The molecule has 2 aromatic rings. The molecule has 8 heteroatoms. The number of benzene rings is 1. The van der Waals surface area contributed by atoms with Crippen LogP contribution in [-0.4, -0.2) is 15.0 Å². The highest BCUT2D eigenvalue weighted by molar-refractivity contribution is 6.30. The fraction of sp³-hybridized carbons (Fsp3) is 0.200. The maximum absolute atomic E-state index is 12.1. The van der Waals surface area contributed by atoms with Gasteiger partial charge in [0.2, 0.25) is 5.91 Å². The Labute approximate surface area is 136 Å². The lowest BCUT2D eigenvalue weighted by atomic mass is 10.3. The Kier molecular flexibility index (Phi) is 4.98. The van der Waals surface area contributed by atoms with Gasteiger partial charge in [-0.25, -0.2) is 9.36 Å². The van der Waals surface area contributed by atoms with Gasteiger partial charge in [-0.3, -0.25) is 14.2 Å². The molecule has 0 aliphatic rings. The molecule has 0 bridgehead atoms. The summed E-state index contributed by atoms with van der Waals surface area (Å²) in [5.74, 6) is -0.566. The maximum Gasteiger partial charge on any atom is 0.331 e. The molecule has 0 saturated heterocycles. The number of amides is 1. The van der Waals surface area contributed by atoms with Crippen molar-refractivity contribution in [2.75, 3.05) is 5.32 Å². The zero-order valence-corrected chi connectivity index (χ0v) is 13.0. The second-order valence-electron chi connectivity index (χ2n) is 4.67. The highest BCUT2D eigenvalue weighted by Gasteiger charge is 2.14. The number of aryl methyl sites for hydroxylation is 1. The van der Waals surface area contributed by atoms with E-state index in [0.717, 1.165) is 4.57 Å². The van der Waals surface area contributed by atoms with Gasteiger partial charge in [0.1, 0.15) is 18.2 Å². The molecular formula is C15H13ClN4O3. The molecular weight excluding hydrogens is 320 g/mol. The van der Waals surface area contributed by atoms with E-state index in [9.17, 15) is 14.4 Å². The molecule has 1 amide bonds.